The van der Waals surface area contributed by atoms with E-state index in [0.29, 0.717) is 16.5 Å². The highest BCUT2D eigenvalue weighted by molar-refractivity contribution is 8.14. The third-order valence-electron chi connectivity index (χ3n) is 2.31. The van der Waals surface area contributed by atoms with Gasteiger partial charge < -0.3 is 15.2 Å². The zero-order valence-corrected chi connectivity index (χ0v) is 15.2. The molecule has 2 N–H and O–H groups in total. The van der Waals surface area contributed by atoms with E-state index >= 15 is 0 Å². The van der Waals surface area contributed by atoms with Gasteiger partial charge in [0.2, 0.25) is 0 Å². The van der Waals surface area contributed by atoms with Crippen molar-refractivity contribution in [2.24, 2.45) is 4.99 Å². The Morgan fingerprint density at radius 1 is 1.48 bits per heavy atom. The topological polar surface area (TPSA) is 101 Å². The number of hydrogen-bond donors (Lipinski definition) is 2. The van der Waals surface area contributed by atoms with Crippen LogP contribution in [0.5, 0.6) is 0 Å². The predicted octanol–water partition coefficient (Wildman–Crippen LogP) is 2.75. The summed E-state index contributed by atoms with van der Waals surface area (Å²) in [4.78, 5) is 30.7. The Labute approximate surface area is 143 Å². The number of aromatic nitrogens is 1. The fourth-order valence-electron chi connectivity index (χ4n) is 1.44. The van der Waals surface area contributed by atoms with E-state index in [1.54, 1.807) is 27.8 Å². The molecule has 0 spiro atoms. The second-order valence-corrected chi connectivity index (χ2v) is 7.53. The normalized spacial score (nSPS) is 12.1. The lowest BCUT2D eigenvalue weighted by molar-refractivity contribution is -0.136. The molecular weight excluding hydrogens is 338 g/mol. The first kappa shape index (κ1) is 19.4. The molecule has 0 saturated heterocycles. The Bertz CT molecular complexity index is 579. The molecule has 128 valence electrons. The lowest BCUT2D eigenvalue weighted by Gasteiger charge is -2.19. The highest BCUT2D eigenvalue weighted by Gasteiger charge is 2.16. The number of rotatable bonds is 6. The van der Waals surface area contributed by atoms with Crippen molar-refractivity contribution in [2.45, 2.75) is 39.3 Å². The summed E-state index contributed by atoms with van der Waals surface area (Å²) < 4.78 is 5.15. The number of nitrogens with zero attached hydrogens (tertiary/aromatic N) is 2. The Morgan fingerprint density at radius 3 is 2.74 bits per heavy atom. The SMILES string of the molecule is CN=C(SCCC(=O)O)c1csc(CNC(=O)OC(C)(C)C)n1. The lowest BCUT2D eigenvalue weighted by Crippen LogP contribution is -2.32. The highest BCUT2D eigenvalue weighted by Crippen LogP contribution is 2.18. The van der Waals surface area contributed by atoms with Gasteiger partial charge in [-0.1, -0.05) is 0 Å². The lowest BCUT2D eigenvalue weighted by atomic mass is 10.2. The number of aliphatic carboxylic acids is 1. The van der Waals surface area contributed by atoms with Crippen LogP contribution < -0.4 is 5.32 Å². The molecule has 0 bridgehead atoms. The van der Waals surface area contributed by atoms with Crippen molar-refractivity contribution in [1.29, 1.82) is 0 Å². The van der Waals surface area contributed by atoms with Crippen LogP contribution in [0.25, 0.3) is 0 Å². The quantitative estimate of drug-likeness (QED) is 0.598. The zero-order valence-electron chi connectivity index (χ0n) is 13.6. The largest absolute Gasteiger partial charge is 0.481 e. The summed E-state index contributed by atoms with van der Waals surface area (Å²) in [7, 11) is 1.64. The summed E-state index contributed by atoms with van der Waals surface area (Å²) in [6.45, 7) is 5.67. The van der Waals surface area contributed by atoms with Crippen molar-refractivity contribution in [2.75, 3.05) is 12.8 Å². The molecule has 1 aromatic rings. The molecule has 23 heavy (non-hydrogen) atoms. The molecule has 1 amide bonds. The van der Waals surface area contributed by atoms with Gasteiger partial charge in [-0.2, -0.15) is 0 Å². The number of carbonyl (C=O) groups is 2. The van der Waals surface area contributed by atoms with E-state index < -0.39 is 17.7 Å². The number of thioether (sulfide) groups is 1. The van der Waals surface area contributed by atoms with E-state index in [-0.39, 0.29) is 13.0 Å². The van der Waals surface area contributed by atoms with Gasteiger partial charge in [0, 0.05) is 18.2 Å². The van der Waals surface area contributed by atoms with E-state index in [1.165, 1.54) is 23.1 Å². The number of nitrogens with one attached hydrogen (secondary N) is 1. The van der Waals surface area contributed by atoms with Crippen molar-refractivity contribution in [3.05, 3.63) is 16.1 Å². The van der Waals surface area contributed by atoms with Crippen molar-refractivity contribution in [3.8, 4) is 0 Å². The van der Waals surface area contributed by atoms with Crippen LogP contribution in [0.2, 0.25) is 0 Å². The molecule has 1 rings (SSSR count). The van der Waals surface area contributed by atoms with E-state index in [4.69, 9.17) is 9.84 Å². The first-order valence-electron chi connectivity index (χ1n) is 6.94. The van der Waals surface area contributed by atoms with Crippen LogP contribution in [-0.2, 0) is 16.1 Å². The van der Waals surface area contributed by atoms with Gasteiger partial charge >= 0.3 is 12.1 Å². The van der Waals surface area contributed by atoms with E-state index in [2.05, 4.69) is 15.3 Å². The average Bonchev–Trinajstić information content (AvgIpc) is 2.88. The summed E-state index contributed by atoms with van der Waals surface area (Å²) in [5.41, 5.74) is 0.148. The minimum atomic E-state index is -0.839. The number of carbonyl (C=O) groups excluding carboxylic acids is 1. The minimum Gasteiger partial charge on any atom is -0.481 e. The Hall–Kier alpha value is -1.61. The molecule has 7 nitrogen and oxygen atoms in total. The van der Waals surface area contributed by atoms with Gasteiger partial charge in [-0.3, -0.25) is 9.79 Å². The van der Waals surface area contributed by atoms with Gasteiger partial charge in [0.25, 0.3) is 0 Å². The zero-order chi connectivity index (χ0) is 17.5. The first-order valence-corrected chi connectivity index (χ1v) is 8.81. The number of alkyl carbamates (subject to hydrolysis) is 1. The minimum absolute atomic E-state index is 0.0703. The van der Waals surface area contributed by atoms with Crippen LogP contribution in [0.1, 0.15) is 37.9 Å². The average molecular weight is 359 g/mol. The van der Waals surface area contributed by atoms with Crippen LogP contribution in [0.15, 0.2) is 10.4 Å². The third-order valence-corrected chi connectivity index (χ3v) is 4.23. The number of carboxylic acid groups (broad SMARTS) is 1. The smallest absolute Gasteiger partial charge is 0.408 e. The van der Waals surface area contributed by atoms with Crippen LogP contribution in [0.3, 0.4) is 0 Å². The van der Waals surface area contributed by atoms with Crippen LogP contribution in [-0.4, -0.2) is 45.6 Å². The molecule has 0 aliphatic carbocycles. The first-order chi connectivity index (χ1) is 10.7. The molecule has 1 aromatic heterocycles. The second kappa shape index (κ2) is 8.88. The predicted molar refractivity (Wildman–Crippen MR) is 92.4 cm³/mol. The van der Waals surface area contributed by atoms with E-state index in [0.717, 1.165) is 5.01 Å². The molecular formula is C14H21N3O4S2. The van der Waals surface area contributed by atoms with Crippen molar-refractivity contribution >= 4 is 40.2 Å². The van der Waals surface area contributed by atoms with Crippen molar-refractivity contribution in [3.63, 3.8) is 0 Å². The van der Waals surface area contributed by atoms with E-state index in [1.807, 2.05) is 5.38 Å². The second-order valence-electron chi connectivity index (χ2n) is 5.50. The molecule has 1 heterocycles. The maximum absolute atomic E-state index is 11.6. The highest BCUT2D eigenvalue weighted by atomic mass is 32.2. The molecule has 0 unspecified atom stereocenters. The molecule has 0 atom stereocenters. The number of amides is 1. The number of thiazole rings is 1. The molecule has 9 heteroatoms. The summed E-state index contributed by atoms with van der Waals surface area (Å²) in [6, 6.07) is 0. The third kappa shape index (κ3) is 7.98. The fraction of sp³-hybridized carbons (Fsp3) is 0.571. The molecule has 0 saturated carbocycles. The number of carboxylic acids is 1. The monoisotopic (exact) mass is 359 g/mol. The van der Waals surface area contributed by atoms with Gasteiger partial charge in [-0.05, 0) is 20.8 Å². The van der Waals surface area contributed by atoms with Crippen molar-refractivity contribution in [1.82, 2.24) is 10.3 Å². The van der Waals surface area contributed by atoms with Gasteiger partial charge in [-0.25, -0.2) is 9.78 Å². The van der Waals surface area contributed by atoms with Gasteiger partial charge in [0.1, 0.15) is 21.3 Å². The van der Waals surface area contributed by atoms with Crippen LogP contribution in [0.4, 0.5) is 4.79 Å². The molecule has 0 radical (unpaired) electrons. The standard InChI is InChI=1S/C14H21N3O4S2/c1-14(2,3)21-13(20)16-7-10-17-9(8-23-10)12(15-4)22-6-5-11(18)19/h8H,5-7H2,1-4H3,(H,16,20)(H,18,19). The Morgan fingerprint density at radius 2 is 2.17 bits per heavy atom. The molecule has 0 aliphatic rings. The van der Waals surface area contributed by atoms with Gasteiger partial charge in [0.15, 0.2) is 0 Å². The maximum Gasteiger partial charge on any atom is 0.408 e. The number of ether oxygens (including phenoxy) is 1. The Balaban J connectivity index is 2.53. The van der Waals surface area contributed by atoms with Gasteiger partial charge in [0.05, 0.1) is 13.0 Å². The van der Waals surface area contributed by atoms with Crippen LogP contribution in [0, 0.1) is 0 Å². The molecule has 0 aliphatic heterocycles. The number of aliphatic imine (C=N–C) groups is 1. The summed E-state index contributed by atoms with van der Waals surface area (Å²) in [5.74, 6) is -0.404. The number of hydrogen-bond acceptors (Lipinski definition) is 7. The van der Waals surface area contributed by atoms with Crippen LogP contribution >= 0.6 is 23.1 Å². The van der Waals surface area contributed by atoms with Gasteiger partial charge in [-0.15, -0.1) is 23.1 Å². The molecule has 0 aromatic carbocycles. The van der Waals surface area contributed by atoms with Crippen molar-refractivity contribution < 1.29 is 19.4 Å². The summed E-state index contributed by atoms with van der Waals surface area (Å²) >= 11 is 2.75. The molecule has 0 fully saturated rings. The maximum atomic E-state index is 11.6. The summed E-state index contributed by atoms with van der Waals surface area (Å²) in [5, 5.41) is 14.6. The van der Waals surface area contributed by atoms with E-state index in [9.17, 15) is 9.59 Å². The Kier molecular flexibility index (Phi) is 7.50. The summed E-state index contributed by atoms with van der Waals surface area (Å²) in [6.07, 6.45) is -0.421. The fourth-order valence-corrected chi connectivity index (χ4v) is 3.09.